The van der Waals surface area contributed by atoms with E-state index in [0.717, 1.165) is 12.1 Å². The van der Waals surface area contributed by atoms with Crippen molar-refractivity contribution in [1.82, 2.24) is 4.31 Å². The van der Waals surface area contributed by atoms with E-state index < -0.39 is 33.6 Å². The van der Waals surface area contributed by atoms with Crippen LogP contribution in [0.2, 0.25) is 0 Å². The lowest BCUT2D eigenvalue weighted by atomic mass is 9.98. The summed E-state index contributed by atoms with van der Waals surface area (Å²) in [5, 5.41) is 2.57. The van der Waals surface area contributed by atoms with E-state index in [1.807, 2.05) is 0 Å². The molecule has 1 aliphatic rings. The van der Waals surface area contributed by atoms with E-state index in [2.05, 4.69) is 5.32 Å². The number of amides is 1. The highest BCUT2D eigenvalue weighted by molar-refractivity contribution is 7.89. The Morgan fingerprint density at radius 3 is 2.29 bits per heavy atom. The number of carbonyl (C=O) groups excluding carboxylic acids is 1. The van der Waals surface area contributed by atoms with Crippen molar-refractivity contribution in [1.29, 1.82) is 0 Å². The fourth-order valence-corrected chi connectivity index (χ4v) is 4.65. The number of benzene rings is 2. The molecule has 1 fully saturated rings. The van der Waals surface area contributed by atoms with Gasteiger partial charge in [-0.25, -0.2) is 8.42 Å². The Hall–Kier alpha value is -2.39. The summed E-state index contributed by atoms with van der Waals surface area (Å²) < 4.78 is 64.6. The van der Waals surface area contributed by atoms with E-state index in [0.29, 0.717) is 19.4 Å². The van der Waals surface area contributed by atoms with Gasteiger partial charge in [0.2, 0.25) is 15.9 Å². The van der Waals surface area contributed by atoms with Crippen LogP contribution in [0.25, 0.3) is 0 Å². The van der Waals surface area contributed by atoms with Gasteiger partial charge in [0.15, 0.2) is 0 Å². The molecule has 1 saturated heterocycles. The Bertz CT molecular complexity index is 929. The third-order valence-electron chi connectivity index (χ3n) is 4.62. The first-order valence-electron chi connectivity index (χ1n) is 8.71. The Kier molecular flexibility index (Phi) is 5.76. The molecule has 1 heterocycles. The summed E-state index contributed by atoms with van der Waals surface area (Å²) in [5.41, 5.74) is -0.565. The maximum absolute atomic E-state index is 12.7. The van der Waals surface area contributed by atoms with Crippen molar-refractivity contribution < 1.29 is 26.4 Å². The lowest BCUT2D eigenvalue weighted by Gasteiger charge is -2.31. The molecule has 0 radical (unpaired) electrons. The summed E-state index contributed by atoms with van der Waals surface area (Å²) in [4.78, 5) is 12.7. The number of nitrogens with one attached hydrogen (secondary N) is 1. The van der Waals surface area contributed by atoms with Gasteiger partial charge in [-0.2, -0.15) is 17.5 Å². The van der Waals surface area contributed by atoms with Crippen molar-refractivity contribution in [2.75, 3.05) is 18.4 Å². The molecule has 28 heavy (non-hydrogen) atoms. The highest BCUT2D eigenvalue weighted by Gasteiger charge is 2.33. The summed E-state index contributed by atoms with van der Waals surface area (Å²) in [6.07, 6.45) is -3.41. The number of hydrogen-bond acceptors (Lipinski definition) is 3. The number of rotatable bonds is 4. The van der Waals surface area contributed by atoms with Gasteiger partial charge < -0.3 is 5.32 Å². The van der Waals surface area contributed by atoms with Crippen LogP contribution in [0.1, 0.15) is 18.4 Å². The Morgan fingerprint density at radius 2 is 1.68 bits per heavy atom. The fraction of sp³-hybridized carbons (Fsp3) is 0.316. The molecule has 9 heteroatoms. The average molecular weight is 412 g/mol. The maximum Gasteiger partial charge on any atom is 0.416 e. The molecule has 1 N–H and O–H groups in total. The van der Waals surface area contributed by atoms with E-state index in [-0.39, 0.29) is 17.1 Å². The van der Waals surface area contributed by atoms with Crippen molar-refractivity contribution in [2.45, 2.75) is 23.9 Å². The Balaban J connectivity index is 1.68. The number of alkyl halides is 3. The van der Waals surface area contributed by atoms with Crippen LogP contribution in [0.5, 0.6) is 0 Å². The quantitative estimate of drug-likeness (QED) is 0.832. The third kappa shape index (κ3) is 4.53. The smallest absolute Gasteiger partial charge is 0.326 e. The number of halogens is 3. The van der Waals surface area contributed by atoms with Gasteiger partial charge in [0.05, 0.1) is 16.4 Å². The Morgan fingerprint density at radius 1 is 1.04 bits per heavy atom. The van der Waals surface area contributed by atoms with Crippen LogP contribution in [-0.2, 0) is 21.0 Å². The lowest BCUT2D eigenvalue weighted by molar-refractivity contribution is -0.137. The van der Waals surface area contributed by atoms with E-state index >= 15 is 0 Å². The minimum Gasteiger partial charge on any atom is -0.326 e. The molecule has 1 amide bonds. The van der Waals surface area contributed by atoms with Gasteiger partial charge in [0.25, 0.3) is 0 Å². The van der Waals surface area contributed by atoms with Gasteiger partial charge in [0, 0.05) is 18.8 Å². The second-order valence-electron chi connectivity index (χ2n) is 6.58. The molecule has 0 spiro atoms. The summed E-state index contributed by atoms with van der Waals surface area (Å²) in [7, 11) is -3.69. The van der Waals surface area contributed by atoms with Gasteiger partial charge in [-0.15, -0.1) is 0 Å². The molecular formula is C19H19F3N2O3S. The maximum atomic E-state index is 12.7. The van der Waals surface area contributed by atoms with E-state index in [4.69, 9.17) is 0 Å². The zero-order valence-electron chi connectivity index (χ0n) is 14.8. The summed E-state index contributed by atoms with van der Waals surface area (Å²) in [6, 6.07) is 12.1. The summed E-state index contributed by atoms with van der Waals surface area (Å²) in [5.74, 6) is -0.984. The minimum absolute atomic E-state index is 0.0314. The van der Waals surface area contributed by atoms with Crippen LogP contribution < -0.4 is 5.32 Å². The van der Waals surface area contributed by atoms with Crippen LogP contribution in [0.15, 0.2) is 59.5 Å². The first kappa shape index (κ1) is 20.3. The summed E-state index contributed by atoms with van der Waals surface area (Å²) in [6.45, 7) is 0.352. The first-order chi connectivity index (χ1) is 13.2. The molecule has 5 nitrogen and oxygen atoms in total. The van der Waals surface area contributed by atoms with Crippen molar-refractivity contribution in [3.05, 3.63) is 60.2 Å². The molecule has 0 aliphatic carbocycles. The predicted octanol–water partition coefficient (Wildman–Crippen LogP) is 3.74. The molecule has 0 bridgehead atoms. The lowest BCUT2D eigenvalue weighted by Crippen LogP contribution is -2.43. The van der Waals surface area contributed by atoms with Crippen molar-refractivity contribution in [3.63, 3.8) is 0 Å². The van der Waals surface area contributed by atoms with Crippen LogP contribution in [0.3, 0.4) is 0 Å². The van der Waals surface area contributed by atoms with E-state index in [1.54, 1.807) is 18.2 Å². The zero-order valence-corrected chi connectivity index (χ0v) is 15.6. The van der Waals surface area contributed by atoms with Gasteiger partial charge in [-0.05, 0) is 49.2 Å². The molecule has 150 valence electrons. The predicted molar refractivity (Wildman–Crippen MR) is 98.0 cm³/mol. The van der Waals surface area contributed by atoms with Crippen LogP contribution >= 0.6 is 0 Å². The second kappa shape index (κ2) is 7.92. The van der Waals surface area contributed by atoms with Gasteiger partial charge in [-0.1, -0.05) is 18.2 Å². The number of carbonyl (C=O) groups is 1. The van der Waals surface area contributed by atoms with E-state index in [9.17, 15) is 26.4 Å². The fourth-order valence-electron chi connectivity index (χ4n) is 3.10. The molecule has 0 saturated carbocycles. The van der Waals surface area contributed by atoms with E-state index in [1.165, 1.54) is 28.6 Å². The van der Waals surface area contributed by atoms with Crippen LogP contribution in [0.4, 0.5) is 18.9 Å². The molecule has 3 rings (SSSR count). The van der Waals surface area contributed by atoms with Crippen molar-refractivity contribution >= 4 is 21.6 Å². The number of hydrogen-bond donors (Lipinski definition) is 1. The molecule has 2 aromatic rings. The standard InChI is InChI=1S/C19H19F3N2O3S/c20-19(21,22)15-8-10-16(11-9-15)23-18(25)14-5-4-12-24(13-14)28(26,27)17-6-2-1-3-7-17/h1-3,6-11,14H,4-5,12-13H2,(H,23,25)/t14-/m1/s1. The van der Waals surface area contributed by atoms with Crippen molar-refractivity contribution in [3.8, 4) is 0 Å². The molecule has 2 aromatic carbocycles. The van der Waals surface area contributed by atoms with Crippen molar-refractivity contribution in [2.24, 2.45) is 5.92 Å². The number of piperidine rings is 1. The molecule has 1 atom stereocenters. The highest BCUT2D eigenvalue weighted by Crippen LogP contribution is 2.30. The molecule has 0 aromatic heterocycles. The molecule has 0 unspecified atom stereocenters. The topological polar surface area (TPSA) is 66.5 Å². The monoisotopic (exact) mass is 412 g/mol. The first-order valence-corrected chi connectivity index (χ1v) is 10.2. The number of nitrogens with zero attached hydrogens (tertiary/aromatic N) is 1. The van der Waals surface area contributed by atoms with Gasteiger partial charge in [0.1, 0.15) is 0 Å². The minimum atomic E-state index is -4.45. The van der Waals surface area contributed by atoms with Gasteiger partial charge in [-0.3, -0.25) is 4.79 Å². The SMILES string of the molecule is O=C(Nc1ccc(C(F)(F)F)cc1)[C@@H]1CCCN(S(=O)(=O)c2ccccc2)C1. The third-order valence-corrected chi connectivity index (χ3v) is 6.50. The number of sulfonamides is 1. The van der Waals surface area contributed by atoms with Crippen LogP contribution in [0, 0.1) is 5.92 Å². The zero-order chi connectivity index (χ0) is 20.4. The Labute approximate surface area is 161 Å². The molecular weight excluding hydrogens is 393 g/mol. The van der Waals surface area contributed by atoms with Gasteiger partial charge >= 0.3 is 6.18 Å². The average Bonchev–Trinajstić information content (AvgIpc) is 2.68. The largest absolute Gasteiger partial charge is 0.416 e. The highest BCUT2D eigenvalue weighted by atomic mass is 32.2. The normalized spacial score (nSPS) is 18.6. The summed E-state index contributed by atoms with van der Waals surface area (Å²) >= 11 is 0. The molecule has 1 aliphatic heterocycles. The number of anilines is 1. The second-order valence-corrected chi connectivity index (χ2v) is 8.52. The van der Waals surface area contributed by atoms with Crippen LogP contribution in [-0.4, -0.2) is 31.7 Å².